The predicted molar refractivity (Wildman–Crippen MR) is 100 cm³/mol. The van der Waals surface area contributed by atoms with Gasteiger partial charge in [0.05, 0.1) is 0 Å². The van der Waals surface area contributed by atoms with Gasteiger partial charge in [-0.1, -0.05) is 32.9 Å². The average molecular weight is 333 g/mol. The summed E-state index contributed by atoms with van der Waals surface area (Å²) in [5.74, 6) is 4.35. The van der Waals surface area contributed by atoms with E-state index in [1.165, 1.54) is 38.5 Å². The first kappa shape index (κ1) is 15.9. The van der Waals surface area contributed by atoms with Gasteiger partial charge in [-0.05, 0) is 85.7 Å². The third kappa shape index (κ3) is 3.06. The van der Waals surface area contributed by atoms with Gasteiger partial charge in [-0.2, -0.15) is 0 Å². The summed E-state index contributed by atoms with van der Waals surface area (Å²) < 4.78 is 0. The molecule has 0 unspecified atom stereocenters. The van der Waals surface area contributed by atoms with Crippen LogP contribution in [0.5, 0.6) is 0 Å². The van der Waals surface area contributed by atoms with Crippen LogP contribution >= 0.6 is 12.2 Å². The molecule has 0 heterocycles. The minimum atomic E-state index is 0.444. The van der Waals surface area contributed by atoms with E-state index in [0.29, 0.717) is 17.5 Å². The number of hydrogen-bond donors (Lipinski definition) is 2. The molecule has 23 heavy (non-hydrogen) atoms. The van der Waals surface area contributed by atoms with Gasteiger partial charge in [-0.25, -0.2) is 0 Å². The highest BCUT2D eigenvalue weighted by molar-refractivity contribution is 7.80. The molecule has 3 saturated carbocycles. The molecule has 2 nitrogen and oxygen atoms in total. The van der Waals surface area contributed by atoms with Gasteiger partial charge in [-0.15, -0.1) is 0 Å². The number of thiocarbonyl (C=S) groups is 1. The van der Waals surface area contributed by atoms with E-state index in [1.807, 2.05) is 0 Å². The molecule has 2 bridgehead atoms. The molecule has 0 spiro atoms. The Morgan fingerprint density at radius 2 is 1.91 bits per heavy atom. The predicted octanol–water partition coefficient (Wildman–Crippen LogP) is 4.27. The second-order valence-corrected chi connectivity index (χ2v) is 10.0. The lowest BCUT2D eigenvalue weighted by Gasteiger charge is -2.40. The van der Waals surface area contributed by atoms with Gasteiger partial charge in [0.25, 0.3) is 0 Å². The lowest BCUT2D eigenvalue weighted by atomic mass is 9.71. The molecule has 0 amide bonds. The van der Waals surface area contributed by atoms with Gasteiger partial charge in [0.2, 0.25) is 0 Å². The Labute approximate surface area is 146 Å². The maximum Gasteiger partial charge on any atom is 0.166 e. The fourth-order valence-electron chi connectivity index (χ4n) is 6.56. The van der Waals surface area contributed by atoms with Crippen molar-refractivity contribution >= 4 is 17.3 Å². The van der Waals surface area contributed by atoms with Crippen LogP contribution in [-0.2, 0) is 0 Å². The van der Waals surface area contributed by atoms with Gasteiger partial charge < -0.3 is 10.6 Å². The zero-order chi connectivity index (χ0) is 16.2. The number of hydrogen-bond acceptors (Lipinski definition) is 1. The minimum absolute atomic E-state index is 0.444. The summed E-state index contributed by atoms with van der Waals surface area (Å²) in [4.78, 5) is 0. The molecule has 0 aliphatic heterocycles. The van der Waals surface area contributed by atoms with E-state index in [1.54, 1.807) is 0 Å². The topological polar surface area (TPSA) is 24.1 Å². The van der Waals surface area contributed by atoms with Crippen LogP contribution in [0.1, 0.15) is 59.3 Å². The summed E-state index contributed by atoms with van der Waals surface area (Å²) in [5.41, 5.74) is 0.444. The highest BCUT2D eigenvalue weighted by Crippen LogP contribution is 2.56. The van der Waals surface area contributed by atoms with Crippen LogP contribution in [-0.4, -0.2) is 17.2 Å². The summed E-state index contributed by atoms with van der Waals surface area (Å²) in [6, 6.07) is 1.16. The Morgan fingerprint density at radius 1 is 1.09 bits per heavy atom. The maximum absolute atomic E-state index is 5.68. The molecule has 128 valence electrons. The first-order valence-electron chi connectivity index (χ1n) is 9.65. The van der Waals surface area contributed by atoms with E-state index in [-0.39, 0.29) is 0 Å². The lowest BCUT2D eigenvalue weighted by molar-refractivity contribution is 0.161. The van der Waals surface area contributed by atoms with E-state index < -0.39 is 0 Å². The Balaban J connectivity index is 1.32. The summed E-state index contributed by atoms with van der Waals surface area (Å²) in [6.45, 7) is 7.18. The highest BCUT2D eigenvalue weighted by Gasteiger charge is 2.52. The minimum Gasteiger partial charge on any atom is -0.360 e. The van der Waals surface area contributed by atoms with Crippen molar-refractivity contribution in [2.75, 3.05) is 0 Å². The van der Waals surface area contributed by atoms with Crippen molar-refractivity contribution in [3.05, 3.63) is 12.2 Å². The van der Waals surface area contributed by atoms with E-state index in [9.17, 15) is 0 Å². The Kier molecular flexibility index (Phi) is 3.98. The number of rotatable bonds is 2. The Bertz CT molecular complexity index is 512. The first-order valence-corrected chi connectivity index (χ1v) is 10.1. The normalized spacial score (nSPS) is 46.7. The monoisotopic (exact) mass is 332 g/mol. The molecule has 0 saturated heterocycles. The summed E-state index contributed by atoms with van der Waals surface area (Å²) >= 11 is 5.68. The van der Waals surface area contributed by atoms with Crippen molar-refractivity contribution < 1.29 is 0 Å². The van der Waals surface area contributed by atoms with E-state index in [0.717, 1.165) is 34.7 Å². The van der Waals surface area contributed by atoms with Crippen LogP contribution in [0.4, 0.5) is 0 Å². The molecule has 0 radical (unpaired) electrons. The molecule has 4 aliphatic rings. The Hall–Kier alpha value is -0.570. The van der Waals surface area contributed by atoms with Crippen LogP contribution in [0.3, 0.4) is 0 Å². The Morgan fingerprint density at radius 3 is 2.70 bits per heavy atom. The second-order valence-electron chi connectivity index (χ2n) is 9.63. The molecule has 7 atom stereocenters. The molecular formula is C20H32N2S. The third-order valence-electron chi connectivity index (χ3n) is 7.05. The molecule has 3 heteroatoms. The van der Waals surface area contributed by atoms with Crippen molar-refractivity contribution in [2.45, 2.75) is 71.4 Å². The summed E-state index contributed by atoms with van der Waals surface area (Å²) in [6.07, 6.45) is 12.8. The first-order chi connectivity index (χ1) is 10.9. The zero-order valence-corrected chi connectivity index (χ0v) is 15.7. The van der Waals surface area contributed by atoms with Gasteiger partial charge in [0, 0.05) is 12.1 Å². The second kappa shape index (κ2) is 5.75. The molecule has 0 aromatic heterocycles. The third-order valence-corrected chi connectivity index (χ3v) is 7.28. The molecule has 4 aliphatic carbocycles. The fraction of sp³-hybridized carbons (Fsp3) is 0.850. The van der Waals surface area contributed by atoms with Gasteiger partial charge in [0.1, 0.15) is 0 Å². The molecule has 0 aromatic carbocycles. The summed E-state index contributed by atoms with van der Waals surface area (Å²) in [7, 11) is 0. The molecule has 3 fully saturated rings. The van der Waals surface area contributed by atoms with E-state index in [4.69, 9.17) is 12.2 Å². The van der Waals surface area contributed by atoms with Crippen LogP contribution in [0.2, 0.25) is 0 Å². The van der Waals surface area contributed by atoms with E-state index >= 15 is 0 Å². The van der Waals surface area contributed by atoms with Crippen molar-refractivity contribution in [1.82, 2.24) is 10.6 Å². The van der Waals surface area contributed by atoms with Crippen LogP contribution in [0.25, 0.3) is 0 Å². The zero-order valence-electron chi connectivity index (χ0n) is 14.8. The van der Waals surface area contributed by atoms with Gasteiger partial charge in [0.15, 0.2) is 5.11 Å². The van der Waals surface area contributed by atoms with Gasteiger partial charge in [-0.3, -0.25) is 0 Å². The maximum atomic E-state index is 5.68. The van der Waals surface area contributed by atoms with Crippen LogP contribution in [0, 0.1) is 35.0 Å². The fourth-order valence-corrected chi connectivity index (χ4v) is 6.88. The highest BCUT2D eigenvalue weighted by atomic mass is 32.1. The van der Waals surface area contributed by atoms with Crippen LogP contribution in [0.15, 0.2) is 12.2 Å². The van der Waals surface area contributed by atoms with Crippen molar-refractivity contribution in [2.24, 2.45) is 35.0 Å². The van der Waals surface area contributed by atoms with E-state index in [2.05, 4.69) is 43.6 Å². The number of nitrogens with one attached hydrogen (secondary N) is 2. The van der Waals surface area contributed by atoms with Crippen molar-refractivity contribution in [1.29, 1.82) is 0 Å². The molecular weight excluding hydrogens is 300 g/mol. The van der Waals surface area contributed by atoms with Crippen LogP contribution < -0.4 is 10.6 Å². The standard InChI is InChI=1S/C20H32N2S/c1-12-7-14(11-20(2,3)10-12)21-19(23)22-18-9-13-8-17(18)16-6-4-5-15(13)16/h4,6,12-18H,5,7-11H2,1-3H3,(H2,21,22,23)/t12-,13-,14+,15+,16+,17+,18-/m1/s1. The largest absolute Gasteiger partial charge is 0.360 e. The van der Waals surface area contributed by atoms with Gasteiger partial charge >= 0.3 is 0 Å². The average Bonchev–Trinajstić information content (AvgIpc) is 3.06. The quantitative estimate of drug-likeness (QED) is 0.583. The molecule has 0 aromatic rings. The smallest absolute Gasteiger partial charge is 0.166 e. The summed E-state index contributed by atoms with van der Waals surface area (Å²) in [5, 5.41) is 8.27. The number of allylic oxidation sites excluding steroid dienone is 2. The molecule has 4 rings (SSSR count). The van der Waals surface area contributed by atoms with Crippen molar-refractivity contribution in [3.8, 4) is 0 Å². The van der Waals surface area contributed by atoms with Crippen molar-refractivity contribution in [3.63, 3.8) is 0 Å². The molecule has 2 N–H and O–H groups in total. The SMILES string of the molecule is C[C@@H]1C[C@H](NC(=S)N[C@@H]2C[C@H]3C[C@H]2[C@H]2C=CC[C@@H]32)CC(C)(C)C1. The number of fused-ring (bicyclic) bond motifs is 5. The lowest BCUT2D eigenvalue weighted by Crippen LogP contribution is -2.51.